The lowest BCUT2D eigenvalue weighted by molar-refractivity contribution is -0.138. The molecule has 172 valence electrons. The van der Waals surface area contributed by atoms with Gasteiger partial charge in [0.15, 0.2) is 11.7 Å². The first kappa shape index (κ1) is 23.4. The van der Waals surface area contributed by atoms with Crippen LogP contribution in [0, 0.1) is 5.41 Å². The fraction of sp³-hybridized carbons (Fsp3) is 0.458. The van der Waals surface area contributed by atoms with E-state index in [0.29, 0.717) is 24.7 Å². The molecule has 0 saturated heterocycles. The molecule has 0 unspecified atom stereocenters. The third-order valence-electron chi connectivity index (χ3n) is 5.74. The van der Waals surface area contributed by atoms with Gasteiger partial charge in [-0.2, -0.15) is 0 Å². The predicted octanol–water partition coefficient (Wildman–Crippen LogP) is 3.24. The smallest absolute Gasteiger partial charge is 0.291 e. The minimum absolute atomic E-state index is 0.186. The number of amides is 2. The number of nitrogens with one attached hydrogen (secondary N) is 3. The lowest BCUT2D eigenvalue weighted by atomic mass is 9.84. The van der Waals surface area contributed by atoms with Gasteiger partial charge in [0.2, 0.25) is 5.91 Å². The van der Waals surface area contributed by atoms with Gasteiger partial charge in [0.25, 0.3) is 5.91 Å². The van der Waals surface area contributed by atoms with E-state index < -0.39 is 0 Å². The van der Waals surface area contributed by atoms with E-state index in [4.69, 9.17) is 4.42 Å². The van der Waals surface area contributed by atoms with Crippen molar-refractivity contribution in [1.29, 1.82) is 0 Å². The van der Waals surface area contributed by atoms with Crippen molar-refractivity contribution in [2.75, 3.05) is 32.5 Å². The molecule has 1 aliphatic rings. The standard InChI is InChI=1S/C24H33N5O3/c1-4-25-23(27-17-24(13-5-6-14-24)22(31)29(2)3)26-16-18-9-11-19(12-10-18)28-21(30)20-8-7-15-32-20/h7-12,15H,4-6,13-14,16-17H2,1-3H3,(H,28,30)(H2,25,26,27). The number of anilines is 1. The molecule has 1 saturated carbocycles. The third kappa shape index (κ3) is 5.90. The maximum Gasteiger partial charge on any atom is 0.291 e. The number of aliphatic imine (C=N–C) groups is 1. The lowest BCUT2D eigenvalue weighted by Crippen LogP contribution is -2.49. The molecule has 3 N–H and O–H groups in total. The number of carbonyl (C=O) groups is 2. The molecule has 3 rings (SSSR count). The van der Waals surface area contributed by atoms with E-state index in [2.05, 4.69) is 20.9 Å². The summed E-state index contributed by atoms with van der Waals surface area (Å²) in [6, 6.07) is 10.8. The molecular weight excluding hydrogens is 406 g/mol. The van der Waals surface area contributed by atoms with Crippen LogP contribution < -0.4 is 16.0 Å². The highest BCUT2D eigenvalue weighted by Crippen LogP contribution is 2.38. The van der Waals surface area contributed by atoms with Gasteiger partial charge in [-0.25, -0.2) is 4.99 Å². The Labute approximate surface area is 189 Å². The minimum atomic E-state index is -0.354. The molecule has 1 heterocycles. The molecule has 1 aliphatic carbocycles. The Morgan fingerprint density at radius 1 is 1.09 bits per heavy atom. The molecule has 0 aliphatic heterocycles. The van der Waals surface area contributed by atoms with Crippen LogP contribution in [0.5, 0.6) is 0 Å². The van der Waals surface area contributed by atoms with Crippen molar-refractivity contribution in [2.45, 2.75) is 39.2 Å². The summed E-state index contributed by atoms with van der Waals surface area (Å²) in [6.45, 7) is 3.81. The summed E-state index contributed by atoms with van der Waals surface area (Å²) in [5.41, 5.74) is 1.35. The van der Waals surface area contributed by atoms with Crippen LogP contribution in [-0.4, -0.2) is 49.9 Å². The lowest BCUT2D eigenvalue weighted by Gasteiger charge is -2.31. The Bertz CT molecular complexity index is 914. The van der Waals surface area contributed by atoms with Gasteiger partial charge in [0, 0.05) is 32.9 Å². The van der Waals surface area contributed by atoms with Crippen molar-refractivity contribution >= 4 is 23.5 Å². The predicted molar refractivity (Wildman–Crippen MR) is 126 cm³/mol. The Morgan fingerprint density at radius 2 is 1.81 bits per heavy atom. The van der Waals surface area contributed by atoms with Crippen molar-refractivity contribution < 1.29 is 14.0 Å². The van der Waals surface area contributed by atoms with Crippen LogP contribution >= 0.6 is 0 Å². The Hall–Kier alpha value is -3.29. The summed E-state index contributed by atoms with van der Waals surface area (Å²) in [7, 11) is 3.64. The van der Waals surface area contributed by atoms with Gasteiger partial charge in [-0.1, -0.05) is 25.0 Å². The normalized spacial score (nSPS) is 15.3. The van der Waals surface area contributed by atoms with Crippen molar-refractivity contribution in [3.63, 3.8) is 0 Å². The Balaban J connectivity index is 1.59. The fourth-order valence-corrected chi connectivity index (χ4v) is 4.05. The monoisotopic (exact) mass is 439 g/mol. The number of nitrogens with zero attached hydrogens (tertiary/aromatic N) is 2. The molecule has 1 aromatic heterocycles. The number of hydrogen-bond donors (Lipinski definition) is 3. The second kappa shape index (κ2) is 10.8. The van der Waals surface area contributed by atoms with E-state index in [1.807, 2.05) is 45.3 Å². The van der Waals surface area contributed by atoms with Gasteiger partial charge in [0.05, 0.1) is 18.2 Å². The van der Waals surface area contributed by atoms with Gasteiger partial charge in [-0.15, -0.1) is 0 Å². The largest absolute Gasteiger partial charge is 0.459 e. The highest BCUT2D eigenvalue weighted by atomic mass is 16.3. The summed E-state index contributed by atoms with van der Waals surface area (Å²) in [4.78, 5) is 31.2. The molecule has 0 radical (unpaired) electrons. The van der Waals surface area contributed by atoms with Gasteiger partial charge in [-0.05, 0) is 49.6 Å². The van der Waals surface area contributed by atoms with E-state index >= 15 is 0 Å². The van der Waals surface area contributed by atoms with Gasteiger partial charge < -0.3 is 25.3 Å². The topological polar surface area (TPSA) is 99.0 Å². The molecule has 1 fully saturated rings. The van der Waals surface area contributed by atoms with Crippen LogP contribution in [0.2, 0.25) is 0 Å². The summed E-state index contributed by atoms with van der Waals surface area (Å²) in [5.74, 6) is 0.867. The van der Waals surface area contributed by atoms with E-state index in [-0.39, 0.29) is 23.0 Å². The van der Waals surface area contributed by atoms with Gasteiger partial charge in [-0.3, -0.25) is 9.59 Å². The molecule has 8 nitrogen and oxygen atoms in total. The van der Waals surface area contributed by atoms with Crippen molar-refractivity contribution in [2.24, 2.45) is 10.4 Å². The summed E-state index contributed by atoms with van der Waals surface area (Å²) < 4.78 is 5.11. The van der Waals surface area contributed by atoms with E-state index in [1.54, 1.807) is 17.0 Å². The van der Waals surface area contributed by atoms with E-state index in [1.165, 1.54) is 6.26 Å². The van der Waals surface area contributed by atoms with Gasteiger partial charge >= 0.3 is 0 Å². The van der Waals surface area contributed by atoms with Crippen LogP contribution in [0.15, 0.2) is 52.1 Å². The summed E-state index contributed by atoms with van der Waals surface area (Å²) >= 11 is 0. The van der Waals surface area contributed by atoms with E-state index in [9.17, 15) is 9.59 Å². The number of benzene rings is 1. The number of hydrogen-bond acceptors (Lipinski definition) is 4. The van der Waals surface area contributed by atoms with E-state index in [0.717, 1.165) is 37.8 Å². The highest BCUT2D eigenvalue weighted by molar-refractivity contribution is 6.02. The highest BCUT2D eigenvalue weighted by Gasteiger charge is 2.42. The molecule has 0 atom stereocenters. The average molecular weight is 440 g/mol. The van der Waals surface area contributed by atoms with Crippen LogP contribution in [-0.2, 0) is 11.3 Å². The fourth-order valence-electron chi connectivity index (χ4n) is 4.05. The first-order valence-electron chi connectivity index (χ1n) is 11.1. The zero-order chi connectivity index (χ0) is 23.0. The molecule has 0 spiro atoms. The zero-order valence-electron chi connectivity index (χ0n) is 19.1. The maximum atomic E-state index is 12.8. The minimum Gasteiger partial charge on any atom is -0.459 e. The second-order valence-electron chi connectivity index (χ2n) is 8.36. The SMILES string of the molecule is CCNC(=NCc1ccc(NC(=O)c2ccco2)cc1)NCC1(C(=O)N(C)C)CCCC1. The summed E-state index contributed by atoms with van der Waals surface area (Å²) in [6.07, 6.45) is 5.44. The zero-order valence-corrected chi connectivity index (χ0v) is 19.1. The Morgan fingerprint density at radius 3 is 2.41 bits per heavy atom. The molecule has 32 heavy (non-hydrogen) atoms. The molecule has 8 heteroatoms. The first-order chi connectivity index (χ1) is 15.4. The van der Waals surface area contributed by atoms with Crippen molar-refractivity contribution in [3.8, 4) is 0 Å². The maximum absolute atomic E-state index is 12.8. The first-order valence-corrected chi connectivity index (χ1v) is 11.1. The Kier molecular flexibility index (Phi) is 7.92. The number of rotatable bonds is 8. The van der Waals surface area contributed by atoms with Crippen molar-refractivity contribution in [3.05, 3.63) is 54.0 Å². The quantitative estimate of drug-likeness (QED) is 0.433. The molecular formula is C24H33N5O3. The number of carbonyl (C=O) groups excluding carboxylic acids is 2. The molecule has 2 aromatic rings. The number of guanidine groups is 1. The van der Waals surface area contributed by atoms with Crippen molar-refractivity contribution in [1.82, 2.24) is 15.5 Å². The molecule has 0 bridgehead atoms. The van der Waals surface area contributed by atoms with Crippen LogP contribution in [0.3, 0.4) is 0 Å². The molecule has 2 amide bonds. The third-order valence-corrected chi connectivity index (χ3v) is 5.74. The average Bonchev–Trinajstić information content (AvgIpc) is 3.49. The summed E-state index contributed by atoms with van der Waals surface area (Å²) in [5, 5.41) is 9.45. The molecule has 1 aromatic carbocycles. The van der Waals surface area contributed by atoms with Crippen LogP contribution in [0.4, 0.5) is 5.69 Å². The second-order valence-corrected chi connectivity index (χ2v) is 8.36. The van der Waals surface area contributed by atoms with Crippen LogP contribution in [0.25, 0.3) is 0 Å². The number of furan rings is 1. The van der Waals surface area contributed by atoms with Crippen LogP contribution in [0.1, 0.15) is 48.7 Å². The van der Waals surface area contributed by atoms with Gasteiger partial charge in [0.1, 0.15) is 0 Å².